The topological polar surface area (TPSA) is 58.2 Å². The molecule has 0 heterocycles. The number of carbonyl (C=O) groups is 2. The number of nitrogens with one attached hydrogen (secondary N) is 2. The van der Waals surface area contributed by atoms with E-state index in [0.29, 0.717) is 19.4 Å². The molecule has 4 heteroatoms. The first-order chi connectivity index (χ1) is 23.5. The van der Waals surface area contributed by atoms with Crippen LogP contribution in [0.15, 0.2) is 24.3 Å². The summed E-state index contributed by atoms with van der Waals surface area (Å²) < 4.78 is 0. The van der Waals surface area contributed by atoms with Crippen molar-refractivity contribution in [3.63, 3.8) is 0 Å². The molecule has 0 aliphatic carbocycles. The largest absolute Gasteiger partial charge is 0.353 e. The molecule has 1 aromatic carbocycles. The molecule has 0 radical (unpaired) electrons. The van der Waals surface area contributed by atoms with Crippen LogP contribution in [0.4, 0.5) is 0 Å². The van der Waals surface area contributed by atoms with Crippen molar-refractivity contribution in [1.82, 2.24) is 10.6 Å². The standard InChI is InChI=1S/C44H76N2O2/c1-4-6-8-10-12-14-16-18-20-22-24-26-28-32-43(47)45-38-30-31-41-34-36-42(37-35-41)39-40(3)46-44(48)33-29-27-25-23-21-19-17-15-13-11-9-7-5-2/h34-37,40H,4-29,32-33,38-39H2,1-3H3,(H,45,47)(H,46,48)/t40-/m1/s1. The smallest absolute Gasteiger partial charge is 0.220 e. The van der Waals surface area contributed by atoms with E-state index in [1.54, 1.807) is 0 Å². The molecule has 0 saturated carbocycles. The molecule has 0 unspecified atom stereocenters. The highest BCUT2D eigenvalue weighted by Crippen LogP contribution is 2.14. The molecule has 2 amide bonds. The lowest BCUT2D eigenvalue weighted by molar-refractivity contribution is -0.122. The average molecular weight is 665 g/mol. The molecule has 2 N–H and O–H groups in total. The van der Waals surface area contributed by atoms with Gasteiger partial charge in [-0.1, -0.05) is 192 Å². The number of unbranched alkanes of at least 4 members (excludes halogenated alkanes) is 24. The quantitative estimate of drug-likeness (QED) is 0.0595. The Bertz CT molecular complexity index is 945. The Hall–Kier alpha value is -2.28. The van der Waals surface area contributed by atoms with Gasteiger partial charge in [0.05, 0.1) is 6.54 Å². The summed E-state index contributed by atoms with van der Waals surface area (Å²) in [7, 11) is 0. The number of hydrogen-bond donors (Lipinski definition) is 2. The average Bonchev–Trinajstić information content (AvgIpc) is 3.08. The van der Waals surface area contributed by atoms with E-state index < -0.39 is 0 Å². The molecule has 0 aliphatic rings. The van der Waals surface area contributed by atoms with E-state index in [2.05, 4.69) is 55.4 Å². The molecule has 0 saturated heterocycles. The predicted molar refractivity (Wildman–Crippen MR) is 208 cm³/mol. The maximum absolute atomic E-state index is 12.4. The fraction of sp³-hybridized carbons (Fsp3) is 0.773. The molecule has 0 aromatic heterocycles. The van der Waals surface area contributed by atoms with Gasteiger partial charge in [-0.3, -0.25) is 9.59 Å². The zero-order valence-electron chi connectivity index (χ0n) is 31.9. The van der Waals surface area contributed by atoms with Crippen molar-refractivity contribution in [3.05, 3.63) is 35.4 Å². The van der Waals surface area contributed by atoms with E-state index in [4.69, 9.17) is 0 Å². The molecular weight excluding hydrogens is 588 g/mol. The van der Waals surface area contributed by atoms with Gasteiger partial charge < -0.3 is 10.6 Å². The van der Waals surface area contributed by atoms with E-state index in [0.717, 1.165) is 37.7 Å². The van der Waals surface area contributed by atoms with Crippen molar-refractivity contribution in [2.45, 2.75) is 213 Å². The minimum absolute atomic E-state index is 0.104. The molecule has 48 heavy (non-hydrogen) atoms. The number of rotatable bonds is 32. The number of carbonyl (C=O) groups excluding carboxylic acids is 2. The summed E-state index contributed by atoms with van der Waals surface area (Å²) in [5, 5.41) is 6.11. The Labute approximate surface area is 298 Å². The van der Waals surface area contributed by atoms with Crippen molar-refractivity contribution in [2.75, 3.05) is 6.54 Å². The van der Waals surface area contributed by atoms with Crippen molar-refractivity contribution >= 4 is 11.8 Å². The first kappa shape index (κ1) is 43.7. The van der Waals surface area contributed by atoms with Crippen LogP contribution in [0.2, 0.25) is 0 Å². The van der Waals surface area contributed by atoms with Crippen LogP contribution in [-0.2, 0) is 16.0 Å². The lowest BCUT2D eigenvalue weighted by atomic mass is 10.0. The molecule has 274 valence electrons. The second kappa shape index (κ2) is 33.2. The maximum atomic E-state index is 12.4. The fourth-order valence-corrected chi connectivity index (χ4v) is 6.46. The highest BCUT2D eigenvalue weighted by molar-refractivity contribution is 5.76. The molecule has 0 fully saturated rings. The van der Waals surface area contributed by atoms with Crippen LogP contribution in [0.3, 0.4) is 0 Å². The van der Waals surface area contributed by atoms with Crippen LogP contribution in [-0.4, -0.2) is 24.4 Å². The maximum Gasteiger partial charge on any atom is 0.220 e. The highest BCUT2D eigenvalue weighted by atomic mass is 16.2. The monoisotopic (exact) mass is 665 g/mol. The second-order valence-electron chi connectivity index (χ2n) is 14.4. The SMILES string of the molecule is CCCCCCCCCCCCCCCC(=O)NCC#Cc1ccc(C[C@@H](C)NC(=O)CCCCCCCCCCCCCCC)cc1. The first-order valence-electron chi connectivity index (χ1n) is 20.7. The van der Waals surface area contributed by atoms with Crippen molar-refractivity contribution in [3.8, 4) is 11.8 Å². The Kier molecular flexibility index (Phi) is 30.3. The van der Waals surface area contributed by atoms with E-state index in [-0.39, 0.29) is 17.9 Å². The van der Waals surface area contributed by atoms with Gasteiger partial charge in [-0.2, -0.15) is 0 Å². The zero-order valence-corrected chi connectivity index (χ0v) is 31.9. The third-order valence-electron chi connectivity index (χ3n) is 9.52. The van der Waals surface area contributed by atoms with Crippen molar-refractivity contribution < 1.29 is 9.59 Å². The number of hydrogen-bond acceptors (Lipinski definition) is 2. The Morgan fingerprint density at radius 1 is 0.542 bits per heavy atom. The van der Waals surface area contributed by atoms with Gasteiger partial charge in [-0.15, -0.1) is 0 Å². The van der Waals surface area contributed by atoms with Crippen LogP contribution in [0.5, 0.6) is 0 Å². The molecule has 1 rings (SSSR count). The van der Waals surface area contributed by atoms with E-state index in [9.17, 15) is 9.59 Å². The second-order valence-corrected chi connectivity index (χ2v) is 14.4. The van der Waals surface area contributed by atoms with Crippen molar-refractivity contribution in [2.24, 2.45) is 0 Å². The minimum atomic E-state index is 0.104. The summed E-state index contributed by atoms with van der Waals surface area (Å²) in [6.07, 6.45) is 36.3. The van der Waals surface area contributed by atoms with E-state index >= 15 is 0 Å². The first-order valence-corrected chi connectivity index (χ1v) is 20.7. The van der Waals surface area contributed by atoms with Gasteiger partial charge >= 0.3 is 0 Å². The van der Waals surface area contributed by atoms with E-state index in [1.165, 1.54) is 147 Å². The zero-order chi connectivity index (χ0) is 34.8. The summed E-state index contributed by atoms with van der Waals surface area (Å²) in [5.74, 6) is 6.51. The molecule has 0 aliphatic heterocycles. The van der Waals surface area contributed by atoms with Gasteiger partial charge in [-0.25, -0.2) is 0 Å². The summed E-state index contributed by atoms with van der Waals surface area (Å²) in [5.41, 5.74) is 2.14. The summed E-state index contributed by atoms with van der Waals surface area (Å²) in [4.78, 5) is 24.5. The third-order valence-corrected chi connectivity index (χ3v) is 9.52. The predicted octanol–water partition coefficient (Wildman–Crippen LogP) is 12.2. The molecule has 0 spiro atoms. The highest BCUT2D eigenvalue weighted by Gasteiger charge is 2.08. The van der Waals surface area contributed by atoms with Gasteiger partial charge in [0.2, 0.25) is 11.8 Å². The third kappa shape index (κ3) is 28.7. The lowest BCUT2D eigenvalue weighted by Gasteiger charge is -2.14. The fourth-order valence-electron chi connectivity index (χ4n) is 6.46. The summed E-state index contributed by atoms with van der Waals surface area (Å²) in [6.45, 7) is 7.02. The van der Waals surface area contributed by atoms with Gasteiger partial charge in [0, 0.05) is 24.4 Å². The number of amides is 2. The Morgan fingerprint density at radius 3 is 1.33 bits per heavy atom. The van der Waals surface area contributed by atoms with Gasteiger partial charge in [0.15, 0.2) is 0 Å². The van der Waals surface area contributed by atoms with Gasteiger partial charge in [0.25, 0.3) is 0 Å². The van der Waals surface area contributed by atoms with Gasteiger partial charge in [0.1, 0.15) is 0 Å². The van der Waals surface area contributed by atoms with Crippen LogP contribution in [0, 0.1) is 11.8 Å². The van der Waals surface area contributed by atoms with Crippen LogP contribution < -0.4 is 10.6 Å². The van der Waals surface area contributed by atoms with Crippen LogP contribution >= 0.6 is 0 Å². The van der Waals surface area contributed by atoms with Crippen LogP contribution in [0.25, 0.3) is 0 Å². The minimum Gasteiger partial charge on any atom is -0.353 e. The molecule has 0 bridgehead atoms. The Balaban J connectivity index is 2.01. The van der Waals surface area contributed by atoms with Gasteiger partial charge in [-0.05, 0) is 43.9 Å². The lowest BCUT2D eigenvalue weighted by Crippen LogP contribution is -2.33. The number of benzene rings is 1. The summed E-state index contributed by atoms with van der Waals surface area (Å²) >= 11 is 0. The Morgan fingerprint density at radius 2 is 0.917 bits per heavy atom. The molecule has 4 nitrogen and oxygen atoms in total. The molecule has 1 atom stereocenters. The summed E-state index contributed by atoms with van der Waals surface area (Å²) in [6, 6.07) is 8.35. The normalized spacial score (nSPS) is 11.6. The van der Waals surface area contributed by atoms with Crippen molar-refractivity contribution in [1.29, 1.82) is 0 Å². The van der Waals surface area contributed by atoms with E-state index in [1.807, 2.05) is 12.1 Å². The molecule has 1 aromatic rings. The van der Waals surface area contributed by atoms with Crippen LogP contribution in [0.1, 0.15) is 212 Å². The molecular formula is C44H76N2O2.